The van der Waals surface area contributed by atoms with Crippen LogP contribution in [0.15, 0.2) is 147 Å². The highest BCUT2D eigenvalue weighted by atomic mass is 35.5. The molecule has 0 bridgehead atoms. The number of Topliss-reactive ketones (excluding diaryl/α,β-unsaturated/α-hetero) is 7. The number of nitrogens with zero attached hydrogens (tertiary/aromatic N) is 9. The van der Waals surface area contributed by atoms with Crippen molar-refractivity contribution in [2.75, 3.05) is 106 Å². The molecular formula is C94H103Cl2N13O14. The molecule has 6 fully saturated rings. The third-order valence-corrected chi connectivity index (χ3v) is 26.1. The highest BCUT2D eigenvalue weighted by molar-refractivity contribution is 6.34. The average Bonchev–Trinajstić information content (AvgIpc) is 1.62. The molecule has 8 aliphatic rings. The molecule has 3 saturated carbocycles. The fraction of sp³-hybridized carbons (Fsp3) is 0.436. The van der Waals surface area contributed by atoms with Gasteiger partial charge in [0.2, 0.25) is 11.8 Å². The molecule has 4 amide bonds. The van der Waals surface area contributed by atoms with E-state index in [2.05, 4.69) is 106 Å². The van der Waals surface area contributed by atoms with E-state index in [4.69, 9.17) is 37.4 Å². The Morgan fingerprint density at radius 1 is 0.512 bits per heavy atom. The predicted molar refractivity (Wildman–Crippen MR) is 466 cm³/mol. The number of carbonyl (C=O) groups excluding carboxylic acids is 11. The van der Waals surface area contributed by atoms with Gasteiger partial charge in [0.25, 0.3) is 11.8 Å². The summed E-state index contributed by atoms with van der Waals surface area (Å²) >= 11 is 13.5. The second-order valence-electron chi connectivity index (χ2n) is 33.3. The number of fused-ring (bicyclic) bond motifs is 2. The van der Waals surface area contributed by atoms with Crippen LogP contribution in [0.1, 0.15) is 176 Å². The van der Waals surface area contributed by atoms with Crippen molar-refractivity contribution in [3.63, 3.8) is 0 Å². The number of benzene rings is 4. The monoisotopic (exact) mass is 1710 g/mol. The van der Waals surface area contributed by atoms with Crippen LogP contribution < -0.4 is 31.1 Å². The number of carbonyl (C=O) groups is 11. The van der Waals surface area contributed by atoms with Crippen LogP contribution in [-0.4, -0.2) is 190 Å². The molecule has 8 heterocycles. The number of anilines is 4. The van der Waals surface area contributed by atoms with Gasteiger partial charge in [0.1, 0.15) is 17.3 Å². The molecule has 16 rings (SSSR count). The lowest BCUT2D eigenvalue weighted by molar-refractivity contribution is -0.133. The summed E-state index contributed by atoms with van der Waals surface area (Å²) in [6.07, 6.45) is 28.6. The molecule has 8 aromatic rings. The summed E-state index contributed by atoms with van der Waals surface area (Å²) in [7, 11) is 0. The fourth-order valence-corrected chi connectivity index (χ4v) is 19.3. The minimum absolute atomic E-state index is 0.0153. The van der Waals surface area contributed by atoms with Gasteiger partial charge < -0.3 is 45.3 Å². The Balaban J connectivity index is 0.000000193. The second-order valence-corrected chi connectivity index (χ2v) is 34.1. The molecule has 2 spiro atoms. The largest absolute Gasteiger partial charge is 0.382 e. The van der Waals surface area contributed by atoms with Crippen LogP contribution in [0.4, 0.5) is 22.7 Å². The Labute approximate surface area is 724 Å². The Morgan fingerprint density at radius 3 is 1.60 bits per heavy atom. The quantitative estimate of drug-likeness (QED) is 0.0165. The first-order chi connectivity index (χ1) is 59.7. The number of aryl methyl sites for hydroxylation is 2. The number of amides is 4. The van der Waals surface area contributed by atoms with E-state index in [1.807, 2.05) is 46.5 Å². The maximum Gasteiger partial charge on any atom is 0.264 e. The minimum atomic E-state index is -1.05. The zero-order valence-electron chi connectivity index (χ0n) is 69.1. The summed E-state index contributed by atoms with van der Waals surface area (Å²) in [5, 5.41) is 22.1. The SMILES string of the molecule is C=C1CCC(C2C(=O)c3cccc(NCC(=O)CCCCCn4cc(-c5ccc(-c6cncc(Cl)c6N6CCC7(CCCC7=O)CC6)cc5)cn4)c3C2=O)C(=O)N1.O=C1CCC(N2C(=O)c3cccc(NCCOCCOCCOCCNC(=O)CCCn4cc(-c5ccc(-c6cncc(Cl)c6N6CCC7(CCCC7=O)CC6)cc5)cn4)c3C2=O)C(=O)C1. The van der Waals surface area contributed by atoms with Crippen molar-refractivity contribution in [1.29, 1.82) is 0 Å². The highest BCUT2D eigenvalue weighted by Crippen LogP contribution is 2.49. The standard InChI is InChI=1S/C49H56ClN7O9.C45H47ClN6O5/c50-39-31-51-30-38(46(39)55-20-15-49(16-21-55)14-2-6-43(49)60)34-10-8-33(9-11-34)35-29-54-56(32-35)19-3-7-44(61)53-18-23-65-25-27-66-26-24-64-22-17-52-40-5-1-4-37-45(40)48(63)57(47(37)62)41-13-12-36(58)28-42(41)59;1-28-11-16-34(44(57)50-28)40-42(55)33-8-5-9-37(39(33)43(40)56)48-24-32(53)7-3-2-4-20-52-27-31(23-49-52)29-12-14-30(15-13-29)35-25-47-26-36(46)41(35)51-21-18-45(19-22-51)17-6-10-38(45)54/h1,4-5,8-11,29-32,41,52H,2-3,6-7,12-28H2,(H,53,61);5,8-9,12-15,23,25-27,34,40,48H,1-4,6-7,10-11,16-22,24H2,(H,50,57). The number of aromatic nitrogens is 6. The maximum absolute atomic E-state index is 13.4. The number of rotatable bonds is 34. The number of halogens is 2. The number of unbranched alkanes of at least 4 members (excludes halogenated alkanes) is 2. The average molecular weight is 1710 g/mol. The first-order valence-corrected chi connectivity index (χ1v) is 43.8. The van der Waals surface area contributed by atoms with Crippen LogP contribution in [0.5, 0.6) is 0 Å². The summed E-state index contributed by atoms with van der Waals surface area (Å²) in [5.41, 5.74) is 12.3. The maximum atomic E-state index is 13.4. The first kappa shape index (κ1) is 86.7. The molecule has 4 N–H and O–H groups in total. The first-order valence-electron chi connectivity index (χ1n) is 43.1. The van der Waals surface area contributed by atoms with Crippen molar-refractivity contribution in [1.82, 2.24) is 45.1 Å². The predicted octanol–water partition coefficient (Wildman–Crippen LogP) is 13.8. The van der Waals surface area contributed by atoms with Gasteiger partial charge in [-0.1, -0.05) is 103 Å². The van der Waals surface area contributed by atoms with Crippen LogP contribution >= 0.6 is 23.2 Å². The molecule has 0 radical (unpaired) electrons. The number of hydrogen-bond acceptors (Lipinski definition) is 22. The lowest BCUT2D eigenvalue weighted by Crippen LogP contribution is -2.47. The smallest absolute Gasteiger partial charge is 0.264 e. The number of ketones is 7. The summed E-state index contributed by atoms with van der Waals surface area (Å²) in [4.78, 5) is 155. The van der Waals surface area contributed by atoms with Crippen molar-refractivity contribution in [3.05, 3.63) is 179 Å². The van der Waals surface area contributed by atoms with Gasteiger partial charge in [0.15, 0.2) is 23.1 Å². The van der Waals surface area contributed by atoms with Crippen LogP contribution in [0.25, 0.3) is 44.5 Å². The van der Waals surface area contributed by atoms with Crippen molar-refractivity contribution >= 4 is 110 Å². The van der Waals surface area contributed by atoms with Crippen LogP contribution in [0.2, 0.25) is 10.0 Å². The van der Waals surface area contributed by atoms with Crippen LogP contribution in [0.3, 0.4) is 0 Å². The van der Waals surface area contributed by atoms with Gasteiger partial charge in [-0.3, -0.25) is 77.0 Å². The van der Waals surface area contributed by atoms with E-state index in [-0.39, 0.29) is 88.3 Å². The van der Waals surface area contributed by atoms with Gasteiger partial charge in [-0.25, -0.2) is 0 Å². The molecule has 3 unspecified atom stereocenters. The number of nitrogens with one attached hydrogen (secondary N) is 4. The molecular weight excluding hydrogens is 1610 g/mol. The fourth-order valence-electron chi connectivity index (χ4n) is 18.8. The summed E-state index contributed by atoms with van der Waals surface area (Å²) < 4.78 is 20.6. The lowest BCUT2D eigenvalue weighted by atomic mass is 9.76. The third kappa shape index (κ3) is 19.7. The van der Waals surface area contributed by atoms with Gasteiger partial charge >= 0.3 is 0 Å². The molecule has 4 aliphatic heterocycles. The molecule has 4 aromatic carbocycles. The van der Waals surface area contributed by atoms with E-state index >= 15 is 0 Å². The molecule has 3 saturated heterocycles. The molecule has 123 heavy (non-hydrogen) atoms. The van der Waals surface area contributed by atoms with E-state index in [0.717, 1.165) is 164 Å². The zero-order valence-corrected chi connectivity index (χ0v) is 70.6. The normalized spacial score (nSPS) is 19.1. The number of piperidine rings is 3. The van der Waals surface area contributed by atoms with Gasteiger partial charge in [0, 0.05) is 177 Å². The Bertz CT molecular complexity index is 5340. The summed E-state index contributed by atoms with van der Waals surface area (Å²) in [6, 6.07) is 25.7. The number of pyridine rings is 2. The van der Waals surface area contributed by atoms with E-state index in [1.54, 1.807) is 48.8 Å². The number of hydrogen-bond donors (Lipinski definition) is 4. The Hall–Kier alpha value is -11.2. The number of imide groups is 1. The second kappa shape index (κ2) is 39.5. The third-order valence-electron chi connectivity index (χ3n) is 25.6. The zero-order chi connectivity index (χ0) is 85.7. The van der Waals surface area contributed by atoms with Gasteiger partial charge in [-0.05, 0) is 130 Å². The van der Waals surface area contributed by atoms with Crippen molar-refractivity contribution in [2.45, 2.75) is 154 Å². The van der Waals surface area contributed by atoms with E-state index in [9.17, 15) is 52.7 Å². The summed E-state index contributed by atoms with van der Waals surface area (Å²) in [5.74, 6) is -3.63. The van der Waals surface area contributed by atoms with Crippen molar-refractivity contribution in [2.24, 2.45) is 22.7 Å². The minimum Gasteiger partial charge on any atom is -0.382 e. The Kier molecular flexibility index (Phi) is 27.9. The Morgan fingerprint density at radius 2 is 1.05 bits per heavy atom. The van der Waals surface area contributed by atoms with Crippen molar-refractivity contribution in [3.8, 4) is 44.5 Å². The van der Waals surface area contributed by atoms with Gasteiger partial charge in [-0.15, -0.1) is 0 Å². The topological polar surface area (TPSA) is 335 Å². The molecule has 3 atom stereocenters. The molecule has 27 nitrogen and oxygen atoms in total. The number of ether oxygens (including phenoxy) is 3. The molecule has 642 valence electrons. The van der Waals surface area contributed by atoms with Gasteiger partial charge in [0.05, 0.1) is 121 Å². The molecule has 29 heteroatoms. The summed E-state index contributed by atoms with van der Waals surface area (Å²) in [6.45, 7) is 11.3. The highest BCUT2D eigenvalue weighted by Gasteiger charge is 2.50. The lowest BCUT2D eigenvalue weighted by Gasteiger charge is -2.40. The van der Waals surface area contributed by atoms with E-state index in [0.29, 0.717) is 148 Å². The van der Waals surface area contributed by atoms with E-state index < -0.39 is 35.5 Å². The van der Waals surface area contributed by atoms with Crippen LogP contribution in [0, 0.1) is 22.7 Å². The van der Waals surface area contributed by atoms with E-state index in [1.165, 1.54) is 0 Å². The molecule has 4 aliphatic carbocycles. The van der Waals surface area contributed by atoms with Crippen LogP contribution in [-0.2, 0) is 60.9 Å². The van der Waals surface area contributed by atoms with Crippen molar-refractivity contribution < 1.29 is 67.0 Å². The number of allylic oxidation sites excluding steroid dienone is 1. The van der Waals surface area contributed by atoms with Gasteiger partial charge in [-0.2, -0.15) is 10.2 Å². The molecule has 4 aromatic heterocycles.